The third kappa shape index (κ3) is 2.80. The van der Waals surface area contributed by atoms with Crippen molar-refractivity contribution in [2.24, 2.45) is 13.0 Å². The Labute approximate surface area is 153 Å². The second-order valence-corrected chi connectivity index (χ2v) is 8.25. The quantitative estimate of drug-likeness (QED) is 0.835. The summed E-state index contributed by atoms with van der Waals surface area (Å²) >= 11 is 0. The third-order valence-electron chi connectivity index (χ3n) is 6.31. The first-order valence-electron chi connectivity index (χ1n) is 10.0. The molecule has 26 heavy (non-hydrogen) atoms. The highest BCUT2D eigenvalue weighted by Crippen LogP contribution is 2.27. The number of hydrogen-bond donors (Lipinski definition) is 0. The predicted octanol–water partition coefficient (Wildman–Crippen LogP) is 1.48. The van der Waals surface area contributed by atoms with Crippen LogP contribution in [-0.4, -0.2) is 37.6 Å². The lowest BCUT2D eigenvalue weighted by Gasteiger charge is -2.39. The highest BCUT2D eigenvalue weighted by Gasteiger charge is 2.30. The molecule has 0 radical (unpaired) electrons. The second kappa shape index (κ2) is 6.34. The Morgan fingerprint density at radius 3 is 2.73 bits per heavy atom. The van der Waals surface area contributed by atoms with Crippen molar-refractivity contribution in [3.63, 3.8) is 0 Å². The summed E-state index contributed by atoms with van der Waals surface area (Å²) in [6, 6.07) is 1.81. The lowest BCUT2D eigenvalue weighted by molar-refractivity contribution is 0.0738. The van der Waals surface area contributed by atoms with Crippen LogP contribution in [0.25, 0.3) is 0 Å². The lowest BCUT2D eigenvalue weighted by Crippen LogP contribution is -2.49. The summed E-state index contributed by atoms with van der Waals surface area (Å²) < 4.78 is 3.80. The smallest absolute Gasteiger partial charge is 0.267 e. The van der Waals surface area contributed by atoms with Crippen molar-refractivity contribution in [3.05, 3.63) is 44.6 Å². The van der Waals surface area contributed by atoms with Crippen LogP contribution in [0.5, 0.6) is 0 Å². The van der Waals surface area contributed by atoms with Crippen LogP contribution in [0, 0.1) is 5.92 Å². The second-order valence-electron chi connectivity index (χ2n) is 8.25. The first kappa shape index (κ1) is 16.2. The van der Waals surface area contributed by atoms with E-state index < -0.39 is 0 Å². The number of likely N-dealkylation sites (tertiary alicyclic amines) is 1. The topological polar surface area (TPSA) is 56.0 Å². The van der Waals surface area contributed by atoms with E-state index >= 15 is 0 Å². The summed E-state index contributed by atoms with van der Waals surface area (Å²) in [7, 11) is 2.08. The molecule has 3 aliphatic rings. The molecule has 3 heterocycles. The number of hydrogen-bond acceptors (Lipinski definition) is 4. The Morgan fingerprint density at radius 2 is 1.85 bits per heavy atom. The maximum atomic E-state index is 12.3. The Hall–Kier alpha value is -1.95. The highest BCUT2D eigenvalue weighted by molar-refractivity contribution is 5.29. The summed E-state index contributed by atoms with van der Waals surface area (Å²) in [6.45, 7) is 3.84. The van der Waals surface area contributed by atoms with Gasteiger partial charge in [0.15, 0.2) is 0 Å². The fourth-order valence-electron chi connectivity index (χ4n) is 4.89. The molecule has 138 valence electrons. The molecule has 1 fully saturated rings. The largest absolute Gasteiger partial charge is 0.297 e. The molecule has 1 aliphatic heterocycles. The van der Waals surface area contributed by atoms with E-state index in [1.165, 1.54) is 41.8 Å². The van der Waals surface area contributed by atoms with E-state index in [2.05, 4.69) is 21.7 Å². The molecule has 0 bridgehead atoms. The van der Waals surface area contributed by atoms with E-state index in [1.54, 1.807) is 4.68 Å². The summed E-state index contributed by atoms with van der Waals surface area (Å²) in [5, 5.41) is 9.35. The molecular weight excluding hydrogens is 326 g/mol. The zero-order valence-electron chi connectivity index (χ0n) is 15.6. The molecule has 0 atom stereocenters. The van der Waals surface area contributed by atoms with Gasteiger partial charge < -0.3 is 0 Å². The molecule has 6 heteroatoms. The molecule has 0 N–H and O–H groups in total. The summed E-state index contributed by atoms with van der Waals surface area (Å²) in [5.41, 5.74) is 6.60. The zero-order valence-corrected chi connectivity index (χ0v) is 15.6. The van der Waals surface area contributed by atoms with E-state index in [4.69, 9.17) is 5.10 Å². The standard InChI is InChI=1S/C20H27N5O/c1-23-19(16-6-2-3-7-18(16)21-23)13-24-10-14(11-24)12-25-20(26)9-15-5-4-8-17(15)22-25/h9,14H,2-8,10-13H2,1H3. The van der Waals surface area contributed by atoms with Crippen molar-refractivity contribution in [2.45, 2.75) is 58.0 Å². The molecule has 0 amide bonds. The minimum atomic E-state index is 0.0739. The van der Waals surface area contributed by atoms with Crippen LogP contribution in [0.2, 0.25) is 0 Å². The molecule has 2 aliphatic carbocycles. The number of fused-ring (bicyclic) bond motifs is 2. The van der Waals surface area contributed by atoms with Crippen molar-refractivity contribution >= 4 is 0 Å². The van der Waals surface area contributed by atoms with Gasteiger partial charge in [-0.05, 0) is 56.1 Å². The van der Waals surface area contributed by atoms with Crippen molar-refractivity contribution in [3.8, 4) is 0 Å². The van der Waals surface area contributed by atoms with Gasteiger partial charge in [0.1, 0.15) is 0 Å². The van der Waals surface area contributed by atoms with Crippen LogP contribution in [-0.2, 0) is 45.8 Å². The molecular formula is C20H27N5O. The zero-order chi connectivity index (χ0) is 17.7. The van der Waals surface area contributed by atoms with E-state index in [-0.39, 0.29) is 5.56 Å². The lowest BCUT2D eigenvalue weighted by atomic mass is 9.94. The van der Waals surface area contributed by atoms with Gasteiger partial charge >= 0.3 is 0 Å². The molecule has 1 saturated heterocycles. The van der Waals surface area contributed by atoms with Gasteiger partial charge in [0.2, 0.25) is 0 Å². The summed E-state index contributed by atoms with van der Waals surface area (Å²) in [4.78, 5) is 14.8. The highest BCUT2D eigenvalue weighted by atomic mass is 16.1. The first-order chi connectivity index (χ1) is 12.7. The monoisotopic (exact) mass is 353 g/mol. The van der Waals surface area contributed by atoms with Gasteiger partial charge in [-0.1, -0.05) is 0 Å². The summed E-state index contributed by atoms with van der Waals surface area (Å²) in [5.74, 6) is 0.531. The molecule has 0 spiro atoms. The average molecular weight is 353 g/mol. The van der Waals surface area contributed by atoms with Crippen LogP contribution in [0.3, 0.4) is 0 Å². The molecule has 2 aromatic heterocycles. The van der Waals surface area contributed by atoms with Crippen LogP contribution < -0.4 is 5.56 Å². The first-order valence-corrected chi connectivity index (χ1v) is 10.0. The Morgan fingerprint density at radius 1 is 1.04 bits per heavy atom. The van der Waals surface area contributed by atoms with E-state index in [0.29, 0.717) is 5.92 Å². The molecule has 6 nitrogen and oxygen atoms in total. The average Bonchev–Trinajstić information content (AvgIpc) is 3.16. The minimum absolute atomic E-state index is 0.0739. The van der Waals surface area contributed by atoms with E-state index in [0.717, 1.165) is 57.6 Å². The van der Waals surface area contributed by atoms with Gasteiger partial charge in [-0.25, -0.2) is 4.68 Å². The van der Waals surface area contributed by atoms with Gasteiger partial charge in [-0.15, -0.1) is 0 Å². The van der Waals surface area contributed by atoms with Crippen LogP contribution in [0.1, 0.15) is 47.5 Å². The van der Waals surface area contributed by atoms with Crippen LogP contribution in [0.4, 0.5) is 0 Å². The van der Waals surface area contributed by atoms with Gasteiger partial charge in [0.05, 0.1) is 23.6 Å². The third-order valence-corrected chi connectivity index (χ3v) is 6.31. The van der Waals surface area contributed by atoms with Gasteiger partial charge in [0, 0.05) is 38.7 Å². The van der Waals surface area contributed by atoms with Crippen LogP contribution >= 0.6 is 0 Å². The number of nitrogens with zero attached hydrogens (tertiary/aromatic N) is 5. The van der Waals surface area contributed by atoms with E-state index in [9.17, 15) is 4.79 Å². The van der Waals surface area contributed by atoms with Gasteiger partial charge in [-0.3, -0.25) is 14.4 Å². The van der Waals surface area contributed by atoms with Gasteiger partial charge in [0.25, 0.3) is 5.56 Å². The maximum absolute atomic E-state index is 12.3. The van der Waals surface area contributed by atoms with Crippen molar-refractivity contribution in [1.29, 1.82) is 0 Å². The molecule has 5 rings (SSSR count). The normalized spacial score (nSPS) is 20.0. The molecule has 2 aromatic rings. The Bertz CT molecular complexity index is 890. The van der Waals surface area contributed by atoms with Crippen molar-refractivity contribution in [2.75, 3.05) is 13.1 Å². The minimum Gasteiger partial charge on any atom is -0.297 e. The Balaban J connectivity index is 1.22. The molecule has 0 saturated carbocycles. The van der Waals surface area contributed by atoms with Gasteiger partial charge in [-0.2, -0.15) is 10.2 Å². The van der Waals surface area contributed by atoms with Crippen molar-refractivity contribution < 1.29 is 0 Å². The van der Waals surface area contributed by atoms with E-state index in [1.807, 2.05) is 6.07 Å². The summed E-state index contributed by atoms with van der Waals surface area (Å²) in [6.07, 6.45) is 8.07. The van der Waals surface area contributed by atoms with Crippen molar-refractivity contribution in [1.82, 2.24) is 24.5 Å². The SMILES string of the molecule is Cn1nc2c(c1CN1CC(Cn3nc4c(cc3=O)CCC4)C1)CCCC2. The molecule has 0 unspecified atom stereocenters. The fourth-order valence-corrected chi connectivity index (χ4v) is 4.89. The fraction of sp³-hybridized carbons (Fsp3) is 0.650. The number of aromatic nitrogens is 4. The van der Waals surface area contributed by atoms with Crippen LogP contribution in [0.15, 0.2) is 10.9 Å². The predicted molar refractivity (Wildman–Crippen MR) is 99.1 cm³/mol. The number of aryl methyl sites for hydroxylation is 4. The molecule has 0 aromatic carbocycles. The Kier molecular flexibility index (Phi) is 3.96. The number of rotatable bonds is 4. The maximum Gasteiger partial charge on any atom is 0.267 e.